The van der Waals surface area contributed by atoms with Gasteiger partial charge >= 0.3 is 0 Å². The Labute approximate surface area is 235 Å². The Hall–Kier alpha value is -0.730. The summed E-state index contributed by atoms with van der Waals surface area (Å²) in [6, 6.07) is 0.293. The number of rotatable bonds is 14. The predicted octanol–water partition coefficient (Wildman–Crippen LogP) is 4.65. The second-order valence-electron chi connectivity index (χ2n) is 13.0. The molecule has 3 aliphatic rings. The molecule has 0 aromatic heterocycles. The summed E-state index contributed by atoms with van der Waals surface area (Å²) in [5, 5.41) is 3.23. The van der Waals surface area contributed by atoms with Gasteiger partial charge in [-0.2, -0.15) is 0 Å². The second kappa shape index (κ2) is 17.9. The molecule has 0 spiro atoms. The van der Waals surface area contributed by atoms with Crippen molar-refractivity contribution < 1.29 is 14.3 Å². The lowest BCUT2D eigenvalue weighted by Crippen LogP contribution is -2.54. The number of carbonyl (C=O) groups excluding carboxylic acids is 1. The van der Waals surface area contributed by atoms with Crippen molar-refractivity contribution in [3.05, 3.63) is 0 Å². The van der Waals surface area contributed by atoms with E-state index in [9.17, 15) is 4.79 Å². The Balaban J connectivity index is 0.00000118. The SMILES string of the molecule is CCC(C)CC(C)(C)CN1CCC(OC2CC(NC(=O)CN3CCN(CCOC)CC3)C2)CC1.CCCC. The molecule has 1 unspecified atom stereocenters. The molecular formula is C31H62N4O3. The summed E-state index contributed by atoms with van der Waals surface area (Å²) in [6.07, 6.45) is 10.2. The minimum absolute atomic E-state index is 0.169. The van der Waals surface area contributed by atoms with Crippen LogP contribution in [0.3, 0.4) is 0 Å². The third-order valence-electron chi connectivity index (χ3n) is 8.57. The zero-order valence-corrected chi connectivity index (χ0v) is 26.1. The van der Waals surface area contributed by atoms with Crippen molar-refractivity contribution in [3.63, 3.8) is 0 Å². The van der Waals surface area contributed by atoms with E-state index in [0.29, 0.717) is 30.2 Å². The standard InChI is InChI=1S/C27H52N4O3.C4H10/c1-6-22(2)19-27(3,4)21-31-9-7-24(8-10-31)34-25-17-23(18-25)28-26(32)20-30-13-11-29(12-14-30)15-16-33-5;1-3-4-2/h22-25H,6-21H2,1-5H3,(H,28,32);3-4H2,1-2H3. The van der Waals surface area contributed by atoms with E-state index in [1.807, 2.05) is 0 Å². The van der Waals surface area contributed by atoms with Gasteiger partial charge in [-0.05, 0) is 43.4 Å². The third kappa shape index (κ3) is 13.1. The van der Waals surface area contributed by atoms with Gasteiger partial charge in [-0.3, -0.25) is 14.6 Å². The number of hydrogen-bond acceptors (Lipinski definition) is 6. The van der Waals surface area contributed by atoms with Gasteiger partial charge in [0.25, 0.3) is 0 Å². The molecule has 224 valence electrons. The van der Waals surface area contributed by atoms with Gasteiger partial charge in [0.1, 0.15) is 0 Å². The van der Waals surface area contributed by atoms with Gasteiger partial charge in [0.2, 0.25) is 5.91 Å². The molecule has 1 aliphatic carbocycles. The molecule has 1 amide bonds. The van der Waals surface area contributed by atoms with E-state index < -0.39 is 0 Å². The number of piperidine rings is 1. The number of carbonyl (C=O) groups is 1. The third-order valence-corrected chi connectivity index (χ3v) is 8.57. The number of ether oxygens (including phenoxy) is 2. The number of hydrogen-bond donors (Lipinski definition) is 1. The van der Waals surface area contributed by atoms with E-state index in [0.717, 1.165) is 84.0 Å². The maximum Gasteiger partial charge on any atom is 0.234 e. The molecular weight excluding hydrogens is 476 g/mol. The molecule has 0 radical (unpaired) electrons. The van der Waals surface area contributed by atoms with Gasteiger partial charge in [0.05, 0.1) is 25.4 Å². The van der Waals surface area contributed by atoms with Crippen LogP contribution in [0.1, 0.15) is 92.9 Å². The van der Waals surface area contributed by atoms with Gasteiger partial charge in [0, 0.05) is 65.5 Å². The molecule has 0 aromatic carbocycles. The minimum atomic E-state index is 0.169. The van der Waals surface area contributed by atoms with E-state index in [4.69, 9.17) is 9.47 Å². The highest BCUT2D eigenvalue weighted by Gasteiger charge is 2.35. The summed E-state index contributed by atoms with van der Waals surface area (Å²) >= 11 is 0. The fourth-order valence-electron chi connectivity index (χ4n) is 5.90. The first-order valence-corrected chi connectivity index (χ1v) is 15.8. The number of likely N-dealkylation sites (tertiary alicyclic amines) is 1. The van der Waals surface area contributed by atoms with Crippen LogP contribution in [0.4, 0.5) is 0 Å². The van der Waals surface area contributed by atoms with Gasteiger partial charge in [-0.15, -0.1) is 0 Å². The Kier molecular flexibility index (Phi) is 15.7. The highest BCUT2D eigenvalue weighted by Crippen LogP contribution is 2.31. The lowest BCUT2D eigenvalue weighted by molar-refractivity contribution is -0.127. The number of piperazine rings is 1. The first-order valence-electron chi connectivity index (χ1n) is 15.8. The maximum atomic E-state index is 12.5. The van der Waals surface area contributed by atoms with Crippen LogP contribution in [0.25, 0.3) is 0 Å². The monoisotopic (exact) mass is 538 g/mol. The van der Waals surface area contributed by atoms with Gasteiger partial charge in [-0.25, -0.2) is 0 Å². The van der Waals surface area contributed by atoms with E-state index in [-0.39, 0.29) is 5.91 Å². The van der Waals surface area contributed by atoms with E-state index in [1.165, 1.54) is 32.2 Å². The van der Waals surface area contributed by atoms with Crippen LogP contribution in [0.2, 0.25) is 0 Å². The topological polar surface area (TPSA) is 57.3 Å². The predicted molar refractivity (Wildman–Crippen MR) is 159 cm³/mol. The quantitative estimate of drug-likeness (QED) is 0.348. The highest BCUT2D eigenvalue weighted by molar-refractivity contribution is 5.78. The molecule has 1 saturated carbocycles. The molecule has 0 aromatic rings. The molecule has 3 fully saturated rings. The van der Waals surface area contributed by atoms with Crippen molar-refractivity contribution in [1.82, 2.24) is 20.0 Å². The fraction of sp³-hybridized carbons (Fsp3) is 0.968. The smallest absolute Gasteiger partial charge is 0.234 e. The Morgan fingerprint density at radius 1 is 0.921 bits per heavy atom. The Morgan fingerprint density at radius 3 is 2.08 bits per heavy atom. The van der Waals surface area contributed by atoms with Gasteiger partial charge in [-0.1, -0.05) is 60.8 Å². The molecule has 1 N–H and O–H groups in total. The van der Waals surface area contributed by atoms with Crippen molar-refractivity contribution in [3.8, 4) is 0 Å². The molecule has 2 saturated heterocycles. The number of amides is 1. The first-order chi connectivity index (χ1) is 18.2. The van der Waals surface area contributed by atoms with Crippen LogP contribution >= 0.6 is 0 Å². The lowest BCUT2D eigenvalue weighted by atomic mass is 9.81. The minimum Gasteiger partial charge on any atom is -0.383 e. The van der Waals surface area contributed by atoms with Crippen LogP contribution in [0.15, 0.2) is 0 Å². The van der Waals surface area contributed by atoms with Crippen LogP contribution in [0.5, 0.6) is 0 Å². The first kappa shape index (κ1) is 33.5. The van der Waals surface area contributed by atoms with Gasteiger partial charge < -0.3 is 19.7 Å². The largest absolute Gasteiger partial charge is 0.383 e. The molecule has 3 rings (SSSR count). The van der Waals surface area contributed by atoms with E-state index >= 15 is 0 Å². The van der Waals surface area contributed by atoms with Crippen LogP contribution in [-0.4, -0.2) is 111 Å². The molecule has 1 atom stereocenters. The molecule has 0 bridgehead atoms. The van der Waals surface area contributed by atoms with Gasteiger partial charge in [0.15, 0.2) is 0 Å². The molecule has 2 heterocycles. The number of nitrogens with one attached hydrogen (secondary N) is 1. The molecule has 2 aliphatic heterocycles. The summed E-state index contributed by atoms with van der Waals surface area (Å²) in [7, 11) is 1.75. The zero-order chi connectivity index (χ0) is 28.0. The number of nitrogens with zero attached hydrogens (tertiary/aromatic N) is 3. The van der Waals surface area contributed by atoms with Crippen molar-refractivity contribution in [2.24, 2.45) is 11.3 Å². The summed E-state index contributed by atoms with van der Waals surface area (Å²) < 4.78 is 11.5. The zero-order valence-electron chi connectivity index (χ0n) is 26.1. The van der Waals surface area contributed by atoms with Crippen molar-refractivity contribution >= 4 is 5.91 Å². The molecule has 38 heavy (non-hydrogen) atoms. The van der Waals surface area contributed by atoms with Crippen LogP contribution in [0, 0.1) is 11.3 Å². The Morgan fingerprint density at radius 2 is 1.53 bits per heavy atom. The second-order valence-corrected chi connectivity index (χ2v) is 13.0. The number of unbranched alkanes of at least 4 members (excludes halogenated alkanes) is 1. The summed E-state index contributed by atoms with van der Waals surface area (Å²) in [4.78, 5) is 19.8. The normalized spacial score (nSPS) is 24.8. The number of methoxy groups -OCH3 is 1. The lowest BCUT2D eigenvalue weighted by Gasteiger charge is -2.42. The molecule has 7 heteroatoms. The van der Waals surface area contributed by atoms with Crippen molar-refractivity contribution in [2.75, 3.05) is 72.6 Å². The van der Waals surface area contributed by atoms with Crippen LogP contribution < -0.4 is 5.32 Å². The van der Waals surface area contributed by atoms with Crippen LogP contribution in [-0.2, 0) is 14.3 Å². The maximum absolute atomic E-state index is 12.5. The highest BCUT2D eigenvalue weighted by atomic mass is 16.5. The van der Waals surface area contributed by atoms with E-state index in [1.54, 1.807) is 7.11 Å². The van der Waals surface area contributed by atoms with Crippen molar-refractivity contribution in [1.29, 1.82) is 0 Å². The summed E-state index contributed by atoms with van der Waals surface area (Å²) in [5.74, 6) is 0.973. The average molecular weight is 539 g/mol. The summed E-state index contributed by atoms with van der Waals surface area (Å²) in [6.45, 7) is 23.6. The molecule has 7 nitrogen and oxygen atoms in total. The Bertz CT molecular complexity index is 623. The average Bonchev–Trinajstić information content (AvgIpc) is 2.87. The van der Waals surface area contributed by atoms with Crippen molar-refractivity contribution in [2.45, 2.75) is 111 Å². The summed E-state index contributed by atoms with van der Waals surface area (Å²) in [5.41, 5.74) is 0.389. The van der Waals surface area contributed by atoms with E-state index in [2.05, 4.69) is 61.6 Å². The fourth-order valence-corrected chi connectivity index (χ4v) is 5.90.